The Balaban J connectivity index is 1.19. The number of carbonyl (C=O) groups excluding carboxylic acids is 1. The lowest BCUT2D eigenvalue weighted by atomic mass is 9.97. The highest BCUT2D eigenvalue weighted by Gasteiger charge is 2.33. The molecule has 1 fully saturated rings. The predicted molar refractivity (Wildman–Crippen MR) is 135 cm³/mol. The third-order valence-corrected chi connectivity index (χ3v) is 8.26. The first-order chi connectivity index (χ1) is 18.5. The molecule has 1 saturated heterocycles. The maximum Gasteiger partial charge on any atom is 0.417 e. The Hall–Kier alpha value is -3.13. The monoisotopic (exact) mass is 630 g/mol. The van der Waals surface area contributed by atoms with Crippen molar-refractivity contribution in [1.29, 1.82) is 0 Å². The van der Waals surface area contributed by atoms with Gasteiger partial charge in [0.15, 0.2) is 6.10 Å². The van der Waals surface area contributed by atoms with E-state index in [1.165, 1.54) is 22.3 Å². The minimum atomic E-state index is -4.66. The van der Waals surface area contributed by atoms with Gasteiger partial charge in [0, 0.05) is 37.0 Å². The molecule has 2 aliphatic rings. The Labute approximate surface area is 231 Å². The molecule has 0 N–H and O–H groups in total. The summed E-state index contributed by atoms with van der Waals surface area (Å²) in [5, 5.41) is 6.60. The second-order valence-corrected chi connectivity index (χ2v) is 10.9. The van der Waals surface area contributed by atoms with E-state index < -0.39 is 47.5 Å². The van der Waals surface area contributed by atoms with E-state index in [0.29, 0.717) is 49.6 Å². The fourth-order valence-corrected chi connectivity index (χ4v) is 6.08. The highest BCUT2D eigenvalue weighted by atomic mass is 79.9. The van der Waals surface area contributed by atoms with Crippen molar-refractivity contribution in [1.82, 2.24) is 14.5 Å². The van der Waals surface area contributed by atoms with E-state index >= 15 is 0 Å². The van der Waals surface area contributed by atoms with Crippen LogP contribution < -0.4 is 5.56 Å². The topological polar surface area (TPSA) is 76.8 Å². The molecule has 5 rings (SSSR count). The van der Waals surface area contributed by atoms with Crippen LogP contribution in [0.2, 0.25) is 0 Å². The number of benzene rings is 1. The lowest BCUT2D eigenvalue weighted by Gasteiger charge is -2.31. The summed E-state index contributed by atoms with van der Waals surface area (Å²) in [5.41, 5.74) is -0.885. The number of piperidine rings is 1. The Morgan fingerprint density at radius 2 is 1.87 bits per heavy atom. The third-order valence-electron chi connectivity index (χ3n) is 6.68. The molecule has 2 aliphatic heterocycles. The number of hydrogen-bond acceptors (Lipinski definition) is 6. The van der Waals surface area contributed by atoms with Crippen LogP contribution in [0, 0.1) is 11.6 Å². The standard InChI is InChI=1S/C25H20BrF5N4O3S/c26-15-8-14(25(29,30)31)10-35(24(15)37)11-21(36)34-6-4-13(5-7-34)23-32-19(12-39-23)18-9-20(38-33-18)22-16(27)2-1-3-17(22)28/h1-3,8,10,12-13,20H,4-7,9,11H2. The Morgan fingerprint density at radius 3 is 2.54 bits per heavy atom. The average molecular weight is 631 g/mol. The van der Waals surface area contributed by atoms with Gasteiger partial charge in [-0.25, -0.2) is 13.8 Å². The zero-order valence-electron chi connectivity index (χ0n) is 20.1. The number of carbonyl (C=O) groups is 1. The normalized spacial score (nSPS) is 18.3. The minimum absolute atomic E-state index is 0.0426. The van der Waals surface area contributed by atoms with Crippen molar-refractivity contribution >= 4 is 38.9 Å². The molecule has 1 unspecified atom stereocenters. The lowest BCUT2D eigenvalue weighted by molar-refractivity contribution is -0.139. The molecule has 0 saturated carbocycles. The van der Waals surface area contributed by atoms with Gasteiger partial charge in [0.25, 0.3) is 5.56 Å². The summed E-state index contributed by atoms with van der Waals surface area (Å²) >= 11 is 4.25. The predicted octanol–water partition coefficient (Wildman–Crippen LogP) is 5.64. The number of pyridine rings is 1. The first kappa shape index (κ1) is 27.4. The number of aromatic nitrogens is 2. The number of oxime groups is 1. The van der Waals surface area contributed by atoms with Crippen LogP contribution in [0.3, 0.4) is 0 Å². The number of nitrogens with zero attached hydrogens (tertiary/aromatic N) is 4. The molecule has 39 heavy (non-hydrogen) atoms. The molecule has 2 aromatic heterocycles. The summed E-state index contributed by atoms with van der Waals surface area (Å²) < 4.78 is 68.1. The zero-order valence-corrected chi connectivity index (χ0v) is 22.5. The van der Waals surface area contributed by atoms with Gasteiger partial charge in [0.1, 0.15) is 23.9 Å². The fraction of sp³-hybridized carbons (Fsp3) is 0.360. The van der Waals surface area contributed by atoms with E-state index in [1.807, 2.05) is 0 Å². The van der Waals surface area contributed by atoms with Crippen molar-refractivity contribution in [2.75, 3.05) is 13.1 Å². The van der Waals surface area contributed by atoms with Crippen LogP contribution in [0.25, 0.3) is 0 Å². The SMILES string of the molecule is O=C(Cn1cc(C(F)(F)F)cc(Br)c1=O)N1CCC(c2nc(C3=NOC(c4c(F)cccc4F)C3)cs2)CC1. The van der Waals surface area contributed by atoms with Crippen LogP contribution in [0.1, 0.15) is 53.1 Å². The molecule has 0 radical (unpaired) electrons. The van der Waals surface area contributed by atoms with Crippen molar-refractivity contribution in [2.45, 2.75) is 44.0 Å². The number of likely N-dealkylation sites (tertiary alicyclic amines) is 1. The van der Waals surface area contributed by atoms with Crippen LogP contribution >= 0.6 is 27.3 Å². The molecular weight excluding hydrogens is 611 g/mol. The van der Waals surface area contributed by atoms with Crippen LogP contribution in [0.15, 0.2) is 50.3 Å². The van der Waals surface area contributed by atoms with Gasteiger partial charge in [-0.1, -0.05) is 11.2 Å². The van der Waals surface area contributed by atoms with Crippen LogP contribution in [0.5, 0.6) is 0 Å². The largest absolute Gasteiger partial charge is 0.417 e. The van der Waals surface area contributed by atoms with Crippen molar-refractivity contribution in [2.24, 2.45) is 5.16 Å². The van der Waals surface area contributed by atoms with Gasteiger partial charge in [-0.2, -0.15) is 13.2 Å². The molecular formula is C25H20BrF5N4O3S. The highest BCUT2D eigenvalue weighted by Crippen LogP contribution is 2.35. The molecule has 1 amide bonds. The Kier molecular flexibility index (Phi) is 7.60. The van der Waals surface area contributed by atoms with Crippen LogP contribution in [0.4, 0.5) is 22.0 Å². The highest BCUT2D eigenvalue weighted by molar-refractivity contribution is 9.10. The van der Waals surface area contributed by atoms with Crippen LogP contribution in [-0.4, -0.2) is 39.2 Å². The van der Waals surface area contributed by atoms with Crippen molar-refractivity contribution < 1.29 is 31.6 Å². The molecule has 1 aromatic carbocycles. The van der Waals surface area contributed by atoms with Gasteiger partial charge in [-0.05, 0) is 47.0 Å². The summed E-state index contributed by atoms with van der Waals surface area (Å²) in [4.78, 5) is 36.5. The van der Waals surface area contributed by atoms with Gasteiger partial charge in [-0.15, -0.1) is 11.3 Å². The summed E-state index contributed by atoms with van der Waals surface area (Å²) in [6.45, 7) is 0.203. The zero-order chi connectivity index (χ0) is 27.9. The molecule has 1 atom stereocenters. The summed E-state index contributed by atoms with van der Waals surface area (Å²) in [5.74, 6) is -1.82. The van der Waals surface area contributed by atoms with Crippen LogP contribution in [-0.2, 0) is 22.4 Å². The molecule has 4 heterocycles. The number of hydrogen-bond donors (Lipinski definition) is 0. The molecule has 14 heteroatoms. The first-order valence-electron chi connectivity index (χ1n) is 11.9. The van der Waals surface area contributed by atoms with Crippen molar-refractivity contribution in [3.63, 3.8) is 0 Å². The third kappa shape index (κ3) is 5.76. The summed E-state index contributed by atoms with van der Waals surface area (Å²) in [7, 11) is 0. The second kappa shape index (κ2) is 10.8. The van der Waals surface area contributed by atoms with Gasteiger partial charge in [0.2, 0.25) is 5.91 Å². The van der Waals surface area contributed by atoms with Crippen molar-refractivity contribution in [3.05, 3.63) is 84.1 Å². The summed E-state index contributed by atoms with van der Waals surface area (Å²) in [6.07, 6.45) is -3.58. The fourth-order valence-electron chi connectivity index (χ4n) is 4.60. The van der Waals surface area contributed by atoms with E-state index in [-0.39, 0.29) is 22.4 Å². The Bertz CT molecular complexity index is 1480. The number of amides is 1. The first-order valence-corrected chi connectivity index (χ1v) is 13.6. The van der Waals surface area contributed by atoms with E-state index in [0.717, 1.165) is 21.7 Å². The van der Waals surface area contributed by atoms with Gasteiger partial charge in [0.05, 0.1) is 26.3 Å². The average Bonchev–Trinajstić information content (AvgIpc) is 3.56. The number of alkyl halides is 3. The lowest BCUT2D eigenvalue weighted by Crippen LogP contribution is -2.41. The molecule has 0 aliphatic carbocycles. The van der Waals surface area contributed by atoms with E-state index in [4.69, 9.17) is 4.84 Å². The van der Waals surface area contributed by atoms with Gasteiger partial charge < -0.3 is 14.3 Å². The molecule has 206 valence electrons. The number of thiazole rings is 1. The molecule has 0 spiro atoms. The minimum Gasteiger partial charge on any atom is -0.387 e. The van der Waals surface area contributed by atoms with Gasteiger partial charge in [-0.3, -0.25) is 9.59 Å². The molecule has 3 aromatic rings. The van der Waals surface area contributed by atoms with Crippen molar-refractivity contribution in [3.8, 4) is 0 Å². The maximum absolute atomic E-state index is 14.1. The quantitative estimate of drug-likeness (QED) is 0.342. The summed E-state index contributed by atoms with van der Waals surface area (Å²) in [6, 6.07) is 4.29. The van der Waals surface area contributed by atoms with Gasteiger partial charge >= 0.3 is 6.18 Å². The van der Waals surface area contributed by atoms with E-state index in [1.54, 1.807) is 5.38 Å². The Morgan fingerprint density at radius 1 is 1.18 bits per heavy atom. The molecule has 7 nitrogen and oxygen atoms in total. The maximum atomic E-state index is 14.1. The van der Waals surface area contributed by atoms with E-state index in [2.05, 4.69) is 26.1 Å². The number of halogens is 6. The smallest absolute Gasteiger partial charge is 0.387 e. The molecule has 0 bridgehead atoms. The van der Waals surface area contributed by atoms with E-state index in [9.17, 15) is 31.5 Å². The second-order valence-electron chi connectivity index (χ2n) is 9.21. The number of rotatable bonds is 5.